The Bertz CT molecular complexity index is 709. The van der Waals surface area contributed by atoms with Crippen molar-refractivity contribution in [3.63, 3.8) is 0 Å². The Morgan fingerprint density at radius 1 is 1.19 bits per heavy atom. The SMILES string of the molecule is Cc1sc(Br)cc1S(=O)(=O)NC(c1ccccc1)C(C)C. The molecule has 6 heteroatoms. The van der Waals surface area contributed by atoms with Crippen LogP contribution in [0.15, 0.2) is 45.1 Å². The van der Waals surface area contributed by atoms with E-state index in [4.69, 9.17) is 0 Å². The molecule has 2 rings (SSSR count). The third-order valence-corrected chi connectivity index (χ3v) is 6.49. The van der Waals surface area contributed by atoms with E-state index in [-0.39, 0.29) is 12.0 Å². The average Bonchev–Trinajstić information content (AvgIpc) is 2.77. The van der Waals surface area contributed by atoms with E-state index in [1.165, 1.54) is 11.3 Å². The Balaban J connectivity index is 2.35. The average molecular weight is 388 g/mol. The highest BCUT2D eigenvalue weighted by Crippen LogP contribution is 2.31. The Hall–Kier alpha value is -0.690. The summed E-state index contributed by atoms with van der Waals surface area (Å²) in [6, 6.07) is 11.1. The summed E-state index contributed by atoms with van der Waals surface area (Å²) in [6.45, 7) is 5.84. The van der Waals surface area contributed by atoms with E-state index in [0.29, 0.717) is 4.90 Å². The van der Waals surface area contributed by atoms with Gasteiger partial charge < -0.3 is 0 Å². The second-order valence-electron chi connectivity index (χ2n) is 5.22. The van der Waals surface area contributed by atoms with Crippen LogP contribution in [-0.4, -0.2) is 8.42 Å². The first kappa shape index (κ1) is 16.7. The molecule has 1 N–H and O–H groups in total. The summed E-state index contributed by atoms with van der Waals surface area (Å²) in [5.74, 6) is 0.157. The Morgan fingerprint density at radius 2 is 1.81 bits per heavy atom. The predicted octanol–water partition coefficient (Wildman–Crippen LogP) is 4.49. The minimum atomic E-state index is -3.53. The van der Waals surface area contributed by atoms with Gasteiger partial charge in [-0.2, -0.15) is 0 Å². The number of sulfonamides is 1. The van der Waals surface area contributed by atoms with Crippen LogP contribution in [-0.2, 0) is 10.0 Å². The van der Waals surface area contributed by atoms with Gasteiger partial charge in [-0.25, -0.2) is 13.1 Å². The zero-order valence-electron chi connectivity index (χ0n) is 12.1. The summed E-state index contributed by atoms with van der Waals surface area (Å²) in [5.41, 5.74) is 0.975. The lowest BCUT2D eigenvalue weighted by Gasteiger charge is -2.22. The topological polar surface area (TPSA) is 46.2 Å². The highest BCUT2D eigenvalue weighted by molar-refractivity contribution is 9.11. The van der Waals surface area contributed by atoms with Crippen LogP contribution < -0.4 is 4.72 Å². The van der Waals surface area contributed by atoms with E-state index in [1.54, 1.807) is 6.07 Å². The predicted molar refractivity (Wildman–Crippen MR) is 91.1 cm³/mol. The first-order valence-electron chi connectivity index (χ1n) is 6.64. The van der Waals surface area contributed by atoms with Gasteiger partial charge in [-0.15, -0.1) is 11.3 Å². The van der Waals surface area contributed by atoms with Crippen LogP contribution in [0.1, 0.15) is 30.3 Å². The van der Waals surface area contributed by atoms with Crippen LogP contribution >= 0.6 is 27.3 Å². The molecule has 0 radical (unpaired) electrons. The Kier molecular flexibility index (Phi) is 5.24. The van der Waals surface area contributed by atoms with E-state index in [2.05, 4.69) is 20.7 Å². The molecule has 1 unspecified atom stereocenters. The summed E-state index contributed by atoms with van der Waals surface area (Å²) in [5, 5.41) is 0. The van der Waals surface area contributed by atoms with Gasteiger partial charge in [0.25, 0.3) is 0 Å². The summed E-state index contributed by atoms with van der Waals surface area (Å²) < 4.78 is 28.9. The molecule has 2 aromatic rings. The molecular weight excluding hydrogens is 370 g/mol. The number of benzene rings is 1. The summed E-state index contributed by atoms with van der Waals surface area (Å²) in [4.78, 5) is 1.13. The van der Waals surface area contributed by atoms with Gasteiger partial charge in [0.2, 0.25) is 10.0 Å². The fourth-order valence-corrected chi connectivity index (χ4v) is 5.96. The van der Waals surface area contributed by atoms with Gasteiger partial charge in [0.15, 0.2) is 0 Å². The number of hydrogen-bond acceptors (Lipinski definition) is 3. The van der Waals surface area contributed by atoms with Gasteiger partial charge in [-0.3, -0.25) is 0 Å². The van der Waals surface area contributed by atoms with Crippen molar-refractivity contribution in [2.75, 3.05) is 0 Å². The van der Waals surface area contributed by atoms with Gasteiger partial charge in [0.05, 0.1) is 8.68 Å². The minimum absolute atomic E-state index is 0.157. The summed E-state index contributed by atoms with van der Waals surface area (Å²) in [7, 11) is -3.53. The molecule has 0 spiro atoms. The fourth-order valence-electron chi connectivity index (χ4n) is 2.18. The number of nitrogens with one attached hydrogen (secondary N) is 1. The molecule has 0 bridgehead atoms. The smallest absolute Gasteiger partial charge is 0.207 e. The maximum atomic E-state index is 12.6. The second kappa shape index (κ2) is 6.60. The van der Waals surface area contributed by atoms with E-state index in [1.807, 2.05) is 51.1 Å². The van der Waals surface area contributed by atoms with Crippen molar-refractivity contribution in [2.24, 2.45) is 5.92 Å². The quantitative estimate of drug-likeness (QED) is 0.820. The molecular formula is C15H18BrNO2S2. The fraction of sp³-hybridized carbons (Fsp3) is 0.333. The van der Waals surface area contributed by atoms with E-state index in [9.17, 15) is 8.42 Å². The molecule has 114 valence electrons. The molecule has 0 aliphatic heterocycles. The summed E-state index contributed by atoms with van der Waals surface area (Å²) in [6.07, 6.45) is 0. The lowest BCUT2D eigenvalue weighted by Crippen LogP contribution is -2.31. The molecule has 1 atom stereocenters. The Labute approximate surface area is 138 Å². The molecule has 3 nitrogen and oxygen atoms in total. The zero-order chi connectivity index (χ0) is 15.6. The molecule has 0 aliphatic rings. The molecule has 0 amide bonds. The van der Waals surface area contributed by atoms with Crippen molar-refractivity contribution < 1.29 is 8.42 Å². The van der Waals surface area contributed by atoms with Crippen LogP contribution in [0, 0.1) is 12.8 Å². The maximum Gasteiger partial charge on any atom is 0.242 e. The van der Waals surface area contributed by atoms with Gasteiger partial charge in [0, 0.05) is 10.9 Å². The van der Waals surface area contributed by atoms with Crippen molar-refractivity contribution >= 4 is 37.3 Å². The highest BCUT2D eigenvalue weighted by atomic mass is 79.9. The standard InChI is InChI=1S/C15H18BrNO2S2/c1-10(2)15(12-7-5-4-6-8-12)17-21(18,19)13-9-14(16)20-11(13)3/h4-10,15,17H,1-3H3. The van der Waals surface area contributed by atoms with E-state index >= 15 is 0 Å². The van der Waals surface area contributed by atoms with Crippen molar-refractivity contribution in [3.05, 3.63) is 50.6 Å². The van der Waals surface area contributed by atoms with E-state index in [0.717, 1.165) is 14.2 Å². The van der Waals surface area contributed by atoms with Crippen molar-refractivity contribution in [2.45, 2.75) is 31.7 Å². The minimum Gasteiger partial charge on any atom is -0.207 e. The van der Waals surface area contributed by atoms with Crippen LogP contribution in [0.25, 0.3) is 0 Å². The molecule has 0 saturated carbocycles. The third-order valence-electron chi connectivity index (χ3n) is 3.24. The molecule has 21 heavy (non-hydrogen) atoms. The Morgan fingerprint density at radius 3 is 2.29 bits per heavy atom. The lowest BCUT2D eigenvalue weighted by molar-refractivity contribution is 0.463. The number of hydrogen-bond donors (Lipinski definition) is 1. The first-order valence-corrected chi connectivity index (χ1v) is 9.73. The van der Waals surface area contributed by atoms with E-state index < -0.39 is 10.0 Å². The molecule has 0 saturated heterocycles. The van der Waals surface area contributed by atoms with Crippen molar-refractivity contribution in [1.82, 2.24) is 4.72 Å². The first-order chi connectivity index (χ1) is 9.81. The van der Waals surface area contributed by atoms with Crippen LogP contribution in [0.4, 0.5) is 0 Å². The van der Waals surface area contributed by atoms with Gasteiger partial charge >= 0.3 is 0 Å². The molecule has 1 heterocycles. The molecule has 0 aliphatic carbocycles. The van der Waals surface area contributed by atoms with Crippen molar-refractivity contribution in [3.8, 4) is 0 Å². The maximum absolute atomic E-state index is 12.6. The van der Waals surface area contributed by atoms with Crippen LogP contribution in [0.2, 0.25) is 0 Å². The zero-order valence-corrected chi connectivity index (χ0v) is 15.3. The number of rotatable bonds is 5. The number of aryl methyl sites for hydroxylation is 1. The highest BCUT2D eigenvalue weighted by Gasteiger charge is 2.26. The monoisotopic (exact) mass is 387 g/mol. The van der Waals surface area contributed by atoms with Crippen LogP contribution in [0.5, 0.6) is 0 Å². The van der Waals surface area contributed by atoms with Gasteiger partial charge in [-0.1, -0.05) is 44.2 Å². The van der Waals surface area contributed by atoms with Gasteiger partial charge in [0.1, 0.15) is 0 Å². The van der Waals surface area contributed by atoms with Crippen molar-refractivity contribution in [1.29, 1.82) is 0 Å². The largest absolute Gasteiger partial charge is 0.242 e. The van der Waals surface area contributed by atoms with Gasteiger partial charge in [-0.05, 0) is 40.4 Å². The summed E-state index contributed by atoms with van der Waals surface area (Å²) >= 11 is 4.77. The molecule has 1 aromatic carbocycles. The second-order valence-corrected chi connectivity index (χ2v) is 9.54. The van der Waals surface area contributed by atoms with Crippen LogP contribution in [0.3, 0.4) is 0 Å². The lowest BCUT2D eigenvalue weighted by atomic mass is 9.97. The number of thiophene rings is 1. The molecule has 0 fully saturated rings. The molecule has 1 aromatic heterocycles. The normalized spacial score (nSPS) is 13.6. The third kappa shape index (κ3) is 3.94. The number of halogens is 1.